The van der Waals surface area contributed by atoms with Crippen LogP contribution in [-0.2, 0) is 22.9 Å². The van der Waals surface area contributed by atoms with Gasteiger partial charge in [-0.15, -0.1) is 11.3 Å². The van der Waals surface area contributed by atoms with E-state index in [1.807, 2.05) is 42.6 Å². The largest absolute Gasteiger partial charge is 0.493 e. The van der Waals surface area contributed by atoms with E-state index >= 15 is 0 Å². The van der Waals surface area contributed by atoms with Gasteiger partial charge in [0.1, 0.15) is 0 Å². The van der Waals surface area contributed by atoms with E-state index in [1.165, 1.54) is 10.6 Å². The van der Waals surface area contributed by atoms with Crippen molar-refractivity contribution in [2.45, 2.75) is 25.8 Å². The molecule has 1 aromatic heterocycles. The summed E-state index contributed by atoms with van der Waals surface area (Å²) < 4.78 is 36.4. The van der Waals surface area contributed by atoms with Gasteiger partial charge >= 0.3 is 0 Å². The molecule has 2 heterocycles. The first-order valence-electron chi connectivity index (χ1n) is 9.58. The van der Waals surface area contributed by atoms with Crippen LogP contribution in [0.5, 0.6) is 11.5 Å². The summed E-state index contributed by atoms with van der Waals surface area (Å²) in [6.45, 7) is 1.94. The number of benzene rings is 2. The van der Waals surface area contributed by atoms with Gasteiger partial charge in [0.2, 0.25) is 10.0 Å². The lowest BCUT2D eigenvalue weighted by molar-refractivity contribution is 0.354. The summed E-state index contributed by atoms with van der Waals surface area (Å²) in [4.78, 5) is 4.80. The van der Waals surface area contributed by atoms with Crippen LogP contribution < -0.4 is 13.8 Å². The first-order chi connectivity index (χ1) is 14.3. The molecule has 0 spiro atoms. The van der Waals surface area contributed by atoms with Crippen molar-refractivity contribution in [2.24, 2.45) is 0 Å². The number of anilines is 1. The monoisotopic (exact) mass is 444 g/mol. The van der Waals surface area contributed by atoms with Crippen LogP contribution in [0.3, 0.4) is 0 Å². The summed E-state index contributed by atoms with van der Waals surface area (Å²) >= 11 is 1.61. The van der Waals surface area contributed by atoms with Crippen molar-refractivity contribution in [2.75, 3.05) is 24.8 Å². The van der Waals surface area contributed by atoms with Crippen molar-refractivity contribution < 1.29 is 17.9 Å². The topological polar surface area (TPSA) is 68.7 Å². The van der Waals surface area contributed by atoms with Gasteiger partial charge < -0.3 is 9.47 Å². The minimum atomic E-state index is -3.28. The zero-order chi connectivity index (χ0) is 21.5. The maximum atomic E-state index is 12.1. The summed E-state index contributed by atoms with van der Waals surface area (Å²) in [6.07, 6.45) is 2.67. The van der Waals surface area contributed by atoms with E-state index in [4.69, 9.17) is 14.5 Å². The number of hydrogen-bond acceptors (Lipinski definition) is 6. The predicted molar refractivity (Wildman–Crippen MR) is 120 cm³/mol. The zero-order valence-corrected chi connectivity index (χ0v) is 19.0. The van der Waals surface area contributed by atoms with E-state index in [0.29, 0.717) is 24.3 Å². The second-order valence-corrected chi connectivity index (χ2v) is 10.3. The summed E-state index contributed by atoms with van der Waals surface area (Å²) in [5.41, 5.74) is 4.82. The van der Waals surface area contributed by atoms with Crippen LogP contribution in [0.4, 0.5) is 5.69 Å². The molecule has 0 aliphatic carbocycles. The molecular weight excluding hydrogens is 420 g/mol. The Morgan fingerprint density at radius 1 is 1.13 bits per heavy atom. The molecule has 30 heavy (non-hydrogen) atoms. The fourth-order valence-corrected chi connectivity index (χ4v) is 6.06. The standard InChI is InChI=1S/C22H24N2O4S2/c1-14-9-17-12-16(6-7-19(17)24(14)30(4,25)26)18-13-29-22(23-18)11-15-5-8-20(27-2)21(10-15)28-3/h5-8,10,12-14H,9,11H2,1-4H3. The van der Waals surface area contributed by atoms with E-state index in [1.54, 1.807) is 25.6 Å². The van der Waals surface area contributed by atoms with E-state index in [0.717, 1.165) is 33.1 Å². The maximum absolute atomic E-state index is 12.1. The molecule has 1 aliphatic heterocycles. The lowest BCUT2D eigenvalue weighted by Gasteiger charge is -2.21. The molecule has 0 fully saturated rings. The normalized spacial score (nSPS) is 15.9. The summed E-state index contributed by atoms with van der Waals surface area (Å²) in [5, 5.41) is 3.05. The van der Waals surface area contributed by atoms with Gasteiger partial charge in [0.05, 0.1) is 36.9 Å². The van der Waals surface area contributed by atoms with Gasteiger partial charge in [-0.3, -0.25) is 4.31 Å². The van der Waals surface area contributed by atoms with Gasteiger partial charge in [0.25, 0.3) is 0 Å². The molecular formula is C22H24N2O4S2. The highest BCUT2D eigenvalue weighted by molar-refractivity contribution is 7.92. The van der Waals surface area contributed by atoms with E-state index in [2.05, 4.69) is 6.07 Å². The number of ether oxygens (including phenoxy) is 2. The molecule has 1 aliphatic rings. The molecule has 4 rings (SSSR count). The summed E-state index contributed by atoms with van der Waals surface area (Å²) in [6, 6.07) is 11.7. The third-order valence-corrected chi connectivity index (χ3v) is 7.36. The number of rotatable bonds is 6. The van der Waals surface area contributed by atoms with Gasteiger partial charge in [-0.1, -0.05) is 12.1 Å². The molecule has 0 saturated heterocycles. The molecule has 0 amide bonds. The van der Waals surface area contributed by atoms with E-state index < -0.39 is 10.0 Å². The van der Waals surface area contributed by atoms with Crippen LogP contribution in [0.25, 0.3) is 11.3 Å². The highest BCUT2D eigenvalue weighted by Gasteiger charge is 2.32. The van der Waals surface area contributed by atoms with E-state index in [9.17, 15) is 8.42 Å². The Kier molecular flexibility index (Phi) is 5.46. The Hall–Kier alpha value is -2.58. The molecule has 6 nitrogen and oxygen atoms in total. The summed E-state index contributed by atoms with van der Waals surface area (Å²) in [7, 11) is -0.0335. The lowest BCUT2D eigenvalue weighted by Crippen LogP contribution is -2.34. The second-order valence-electron chi connectivity index (χ2n) is 7.45. The van der Waals surface area contributed by atoms with Crippen LogP contribution in [0.1, 0.15) is 23.1 Å². The molecule has 158 valence electrons. The Bertz CT molecular complexity index is 1190. The molecule has 8 heteroatoms. The minimum absolute atomic E-state index is 0.0682. The fraction of sp³-hybridized carbons (Fsp3) is 0.318. The molecule has 0 saturated carbocycles. The highest BCUT2D eigenvalue weighted by Crippen LogP contribution is 2.37. The van der Waals surface area contributed by atoms with E-state index in [-0.39, 0.29) is 6.04 Å². The van der Waals surface area contributed by atoms with Gasteiger partial charge in [-0.2, -0.15) is 0 Å². The SMILES string of the molecule is COc1ccc(Cc2nc(-c3ccc4c(c3)CC(C)N4S(C)(=O)=O)cs2)cc1OC. The first kappa shape index (κ1) is 20.7. The molecule has 3 aromatic rings. The third kappa shape index (κ3) is 3.89. The Morgan fingerprint density at radius 2 is 1.90 bits per heavy atom. The van der Waals surface area contributed by atoms with Crippen molar-refractivity contribution in [3.05, 3.63) is 57.9 Å². The molecule has 0 radical (unpaired) electrons. The van der Waals surface area contributed by atoms with Crippen molar-refractivity contribution >= 4 is 27.0 Å². The molecule has 0 N–H and O–H groups in total. The fourth-order valence-electron chi connectivity index (χ4n) is 3.96. The van der Waals surface area contributed by atoms with Gasteiger partial charge in [-0.25, -0.2) is 13.4 Å². The van der Waals surface area contributed by atoms with Crippen molar-refractivity contribution in [1.82, 2.24) is 4.98 Å². The quantitative estimate of drug-likeness (QED) is 0.572. The average molecular weight is 445 g/mol. The number of fused-ring (bicyclic) bond motifs is 1. The van der Waals surface area contributed by atoms with Crippen molar-refractivity contribution in [3.8, 4) is 22.8 Å². The minimum Gasteiger partial charge on any atom is -0.493 e. The number of thiazole rings is 1. The first-order valence-corrected chi connectivity index (χ1v) is 12.3. The molecule has 2 aromatic carbocycles. The molecule has 1 unspecified atom stereocenters. The Labute approximate surface area is 181 Å². The lowest BCUT2D eigenvalue weighted by atomic mass is 10.1. The van der Waals surface area contributed by atoms with Crippen LogP contribution in [0.2, 0.25) is 0 Å². The Balaban J connectivity index is 1.58. The van der Waals surface area contributed by atoms with Crippen molar-refractivity contribution in [3.63, 3.8) is 0 Å². The van der Waals surface area contributed by atoms with Gasteiger partial charge in [0.15, 0.2) is 11.5 Å². The number of hydrogen-bond donors (Lipinski definition) is 0. The predicted octanol–water partition coefficient (Wildman–Crippen LogP) is 4.13. The van der Waals surface area contributed by atoms with Crippen LogP contribution in [0, 0.1) is 0 Å². The average Bonchev–Trinajstić information content (AvgIpc) is 3.30. The number of nitrogens with zero attached hydrogens (tertiary/aromatic N) is 2. The zero-order valence-electron chi connectivity index (χ0n) is 17.4. The van der Waals surface area contributed by atoms with Gasteiger partial charge in [-0.05, 0) is 48.7 Å². The number of methoxy groups -OCH3 is 2. The number of aromatic nitrogens is 1. The smallest absolute Gasteiger partial charge is 0.232 e. The second kappa shape index (κ2) is 7.92. The van der Waals surface area contributed by atoms with Crippen LogP contribution in [-0.4, -0.2) is 39.9 Å². The van der Waals surface area contributed by atoms with Crippen LogP contribution in [0.15, 0.2) is 41.8 Å². The van der Waals surface area contributed by atoms with Crippen molar-refractivity contribution in [1.29, 1.82) is 0 Å². The van der Waals surface area contributed by atoms with Crippen LogP contribution >= 0.6 is 11.3 Å². The highest BCUT2D eigenvalue weighted by atomic mass is 32.2. The summed E-state index contributed by atoms with van der Waals surface area (Å²) in [5.74, 6) is 1.41. The Morgan fingerprint density at radius 3 is 2.60 bits per heavy atom. The third-order valence-electron chi connectivity index (χ3n) is 5.24. The maximum Gasteiger partial charge on any atom is 0.232 e. The van der Waals surface area contributed by atoms with Gasteiger partial charge in [0, 0.05) is 23.4 Å². The molecule has 0 bridgehead atoms. The number of sulfonamides is 1. The molecule has 1 atom stereocenters.